The summed E-state index contributed by atoms with van der Waals surface area (Å²) in [6.07, 6.45) is -0.418. The maximum atomic E-state index is 6.32. The van der Waals surface area contributed by atoms with E-state index in [1.165, 1.54) is 26.9 Å². The van der Waals surface area contributed by atoms with E-state index < -0.39 is 0 Å². The minimum atomic E-state index is -0.256. The van der Waals surface area contributed by atoms with Crippen molar-refractivity contribution >= 4 is 60.1 Å². The standard InChI is InChI=1S/C45H31N3O/c1-3-12-30-24-33(22-20-28(30)10-1)43-46-44(34-23-21-29-11-2-4-13-31(29)25-34)48-45(47-43)35-26-32-14-5-6-15-36(32)39(27-35)37-17-9-19-41-42(37)38-16-7-8-18-40(38)49-41/h1-27,43-44,46H,(H,47,48). The number of para-hydroxylation sites is 1. The minimum Gasteiger partial charge on any atom is -0.456 e. The van der Waals surface area contributed by atoms with Gasteiger partial charge in [-0.3, -0.25) is 5.32 Å². The summed E-state index contributed by atoms with van der Waals surface area (Å²) >= 11 is 0. The lowest BCUT2D eigenvalue weighted by Gasteiger charge is -2.32. The summed E-state index contributed by atoms with van der Waals surface area (Å²) in [7, 11) is 0. The molecule has 0 aliphatic carbocycles. The van der Waals surface area contributed by atoms with Gasteiger partial charge in [-0.15, -0.1) is 0 Å². The zero-order valence-electron chi connectivity index (χ0n) is 26.6. The molecule has 8 aromatic carbocycles. The molecule has 0 radical (unpaired) electrons. The van der Waals surface area contributed by atoms with Crippen LogP contribution in [0.2, 0.25) is 0 Å². The lowest BCUT2D eigenvalue weighted by molar-refractivity contribution is 0.409. The van der Waals surface area contributed by atoms with Gasteiger partial charge in [-0.05, 0) is 91.0 Å². The molecule has 2 unspecified atom stereocenters. The Bertz CT molecular complexity index is 2760. The van der Waals surface area contributed by atoms with Crippen LogP contribution < -0.4 is 10.6 Å². The summed E-state index contributed by atoms with van der Waals surface area (Å²) in [5.74, 6) is 0.853. The Kier molecular flexibility index (Phi) is 6.36. The highest BCUT2D eigenvalue weighted by molar-refractivity contribution is 6.16. The van der Waals surface area contributed by atoms with Gasteiger partial charge >= 0.3 is 0 Å². The van der Waals surface area contributed by atoms with E-state index in [4.69, 9.17) is 9.41 Å². The third-order valence-corrected chi connectivity index (χ3v) is 9.89. The molecule has 1 aliphatic rings. The highest BCUT2D eigenvalue weighted by Crippen LogP contribution is 2.40. The van der Waals surface area contributed by atoms with Gasteiger partial charge in [0.05, 0.1) is 0 Å². The molecule has 0 bridgehead atoms. The second-order valence-corrected chi connectivity index (χ2v) is 12.9. The second kappa shape index (κ2) is 11.2. The molecule has 2 heterocycles. The van der Waals surface area contributed by atoms with Gasteiger partial charge in [0.25, 0.3) is 0 Å². The van der Waals surface area contributed by atoms with Crippen molar-refractivity contribution in [1.29, 1.82) is 0 Å². The Hall–Kier alpha value is -6.23. The largest absolute Gasteiger partial charge is 0.456 e. The van der Waals surface area contributed by atoms with Crippen LogP contribution in [-0.4, -0.2) is 5.84 Å². The van der Waals surface area contributed by atoms with Crippen molar-refractivity contribution in [3.05, 3.63) is 180 Å². The first-order valence-electron chi connectivity index (χ1n) is 16.8. The van der Waals surface area contributed by atoms with Gasteiger partial charge in [0, 0.05) is 16.3 Å². The first-order valence-corrected chi connectivity index (χ1v) is 16.8. The van der Waals surface area contributed by atoms with Crippen molar-refractivity contribution in [3.63, 3.8) is 0 Å². The average molecular weight is 630 g/mol. The van der Waals surface area contributed by atoms with Gasteiger partial charge in [-0.2, -0.15) is 0 Å². The molecule has 1 aromatic heterocycles. The summed E-state index contributed by atoms with van der Waals surface area (Å²) in [6, 6.07) is 58.2. The fraction of sp³-hybridized carbons (Fsp3) is 0.0444. The Balaban J connectivity index is 1.17. The number of amidine groups is 1. The van der Waals surface area contributed by atoms with E-state index in [-0.39, 0.29) is 12.3 Å². The summed E-state index contributed by atoms with van der Waals surface area (Å²) in [5, 5.41) is 17.1. The molecule has 4 nitrogen and oxygen atoms in total. The lowest BCUT2D eigenvalue weighted by atomic mass is 9.92. The van der Waals surface area contributed by atoms with Crippen LogP contribution in [0.15, 0.2) is 173 Å². The summed E-state index contributed by atoms with van der Waals surface area (Å²) < 4.78 is 6.32. The molecule has 2 atom stereocenters. The fourth-order valence-electron chi connectivity index (χ4n) is 7.48. The molecule has 4 heteroatoms. The fourth-order valence-corrected chi connectivity index (χ4v) is 7.48. The van der Waals surface area contributed by atoms with Gasteiger partial charge in [-0.25, -0.2) is 4.99 Å². The Morgan fingerprint density at radius 3 is 1.90 bits per heavy atom. The van der Waals surface area contributed by atoms with Crippen molar-refractivity contribution in [2.45, 2.75) is 12.3 Å². The first-order chi connectivity index (χ1) is 24.2. The van der Waals surface area contributed by atoms with E-state index >= 15 is 0 Å². The molecule has 2 N–H and O–H groups in total. The van der Waals surface area contributed by atoms with Gasteiger partial charge in [-0.1, -0.05) is 127 Å². The van der Waals surface area contributed by atoms with Crippen LogP contribution in [-0.2, 0) is 0 Å². The molecule has 232 valence electrons. The Labute approximate surface area is 283 Å². The van der Waals surface area contributed by atoms with Crippen molar-refractivity contribution < 1.29 is 4.42 Å². The van der Waals surface area contributed by atoms with Gasteiger partial charge in [0.1, 0.15) is 29.3 Å². The number of aliphatic imine (C=N–C) groups is 1. The molecule has 49 heavy (non-hydrogen) atoms. The maximum Gasteiger partial charge on any atom is 0.136 e. The topological polar surface area (TPSA) is 49.6 Å². The summed E-state index contributed by atoms with van der Waals surface area (Å²) in [6.45, 7) is 0. The van der Waals surface area contributed by atoms with E-state index in [1.807, 2.05) is 12.1 Å². The van der Waals surface area contributed by atoms with E-state index in [0.717, 1.165) is 61.0 Å². The monoisotopic (exact) mass is 629 g/mol. The Morgan fingerprint density at radius 1 is 0.469 bits per heavy atom. The van der Waals surface area contributed by atoms with Crippen molar-refractivity contribution in [1.82, 2.24) is 10.6 Å². The van der Waals surface area contributed by atoms with E-state index in [9.17, 15) is 0 Å². The zero-order chi connectivity index (χ0) is 32.3. The van der Waals surface area contributed by atoms with Gasteiger partial charge < -0.3 is 9.73 Å². The number of rotatable bonds is 4. The molecule has 1 aliphatic heterocycles. The molecule has 0 amide bonds. The lowest BCUT2D eigenvalue weighted by Crippen LogP contribution is -2.45. The minimum absolute atomic E-state index is 0.162. The highest BCUT2D eigenvalue weighted by Gasteiger charge is 2.27. The Morgan fingerprint density at radius 2 is 1.10 bits per heavy atom. The molecule has 0 saturated heterocycles. The molecule has 0 fully saturated rings. The zero-order valence-corrected chi connectivity index (χ0v) is 26.6. The number of benzene rings is 8. The van der Waals surface area contributed by atoms with Crippen LogP contribution >= 0.6 is 0 Å². The van der Waals surface area contributed by atoms with Crippen LogP contribution in [0.3, 0.4) is 0 Å². The van der Waals surface area contributed by atoms with Crippen LogP contribution in [0.4, 0.5) is 0 Å². The van der Waals surface area contributed by atoms with Crippen LogP contribution in [0.25, 0.3) is 65.4 Å². The van der Waals surface area contributed by atoms with E-state index in [1.54, 1.807) is 0 Å². The van der Waals surface area contributed by atoms with Gasteiger partial charge in [0.2, 0.25) is 0 Å². The SMILES string of the molecule is c1ccc2cc(C3N=C(c4cc(-c5cccc6oc7ccccc7c56)c5ccccc5c4)NC(c4ccc5ccccc5c4)N3)ccc2c1. The predicted octanol–water partition coefficient (Wildman–Crippen LogP) is 11.0. The number of hydrogen-bond acceptors (Lipinski definition) is 4. The number of hydrogen-bond donors (Lipinski definition) is 2. The third kappa shape index (κ3) is 4.76. The molecular weight excluding hydrogens is 599 g/mol. The van der Waals surface area contributed by atoms with Crippen molar-refractivity contribution in [2.75, 3.05) is 0 Å². The highest BCUT2D eigenvalue weighted by atomic mass is 16.3. The quantitative estimate of drug-likeness (QED) is 0.204. The van der Waals surface area contributed by atoms with E-state index in [2.05, 4.69) is 162 Å². The summed E-state index contributed by atoms with van der Waals surface area (Å²) in [5.41, 5.74) is 7.40. The number of furan rings is 1. The third-order valence-electron chi connectivity index (χ3n) is 9.89. The van der Waals surface area contributed by atoms with Crippen molar-refractivity contribution in [2.24, 2.45) is 4.99 Å². The van der Waals surface area contributed by atoms with Crippen LogP contribution in [0.1, 0.15) is 29.0 Å². The van der Waals surface area contributed by atoms with Crippen molar-refractivity contribution in [3.8, 4) is 11.1 Å². The van der Waals surface area contributed by atoms with E-state index in [0.29, 0.717) is 0 Å². The molecule has 10 rings (SSSR count). The molecule has 9 aromatic rings. The number of fused-ring (bicyclic) bond motifs is 6. The average Bonchev–Trinajstić information content (AvgIpc) is 3.56. The number of nitrogens with zero attached hydrogens (tertiary/aromatic N) is 1. The first kappa shape index (κ1) is 27.8. The normalized spacial score (nSPS) is 16.4. The molecular formula is C45H31N3O. The summed E-state index contributed by atoms with van der Waals surface area (Å²) in [4.78, 5) is 5.39. The van der Waals surface area contributed by atoms with Crippen LogP contribution in [0.5, 0.6) is 0 Å². The van der Waals surface area contributed by atoms with Gasteiger partial charge in [0.15, 0.2) is 0 Å². The maximum absolute atomic E-state index is 6.32. The molecule has 0 spiro atoms. The number of nitrogens with one attached hydrogen (secondary N) is 2. The molecule has 0 saturated carbocycles. The smallest absolute Gasteiger partial charge is 0.136 e. The predicted molar refractivity (Wildman–Crippen MR) is 203 cm³/mol. The van der Waals surface area contributed by atoms with Crippen LogP contribution in [0, 0.1) is 0 Å². The second-order valence-electron chi connectivity index (χ2n) is 12.9.